The molecule has 0 amide bonds. The van der Waals surface area contributed by atoms with Crippen molar-refractivity contribution in [2.45, 2.75) is 6.92 Å². The van der Waals surface area contributed by atoms with Gasteiger partial charge in [-0.3, -0.25) is 4.79 Å². The summed E-state index contributed by atoms with van der Waals surface area (Å²) in [6, 6.07) is 0. The number of carboxylic acids is 1. The van der Waals surface area contributed by atoms with Crippen LogP contribution in [0.5, 0.6) is 0 Å². The van der Waals surface area contributed by atoms with Crippen molar-refractivity contribution in [3.8, 4) is 0 Å². The quantitative estimate of drug-likeness (QED) is 0.450. The number of carboxylic acid groups (broad SMARTS) is 1. The third-order valence-corrected chi connectivity index (χ3v) is 0. The van der Waals surface area contributed by atoms with E-state index in [1.165, 1.54) is 0 Å². The van der Waals surface area contributed by atoms with E-state index in [-0.39, 0.29) is 7.43 Å². The summed E-state index contributed by atoms with van der Waals surface area (Å²) in [6.07, 6.45) is 0. The van der Waals surface area contributed by atoms with Crippen LogP contribution < -0.4 is 0 Å². The maximum Gasteiger partial charge on any atom is 0.300 e. The molecule has 0 spiro atoms. The largest absolute Gasteiger partial charge is 0.481 e. The highest BCUT2D eigenvalue weighted by atomic mass is 20.0. The zero-order valence-electron chi connectivity index (χ0n) is 2.86. The molecular formula is C3H4O2. The molecule has 0 aliphatic rings. The van der Waals surface area contributed by atoms with Crippen LogP contribution in [0.15, 0.2) is 0 Å². The molecule has 4 radical (unpaired) electrons. The van der Waals surface area contributed by atoms with Crippen molar-refractivity contribution in [1.82, 2.24) is 0 Å². The Morgan fingerprint density at radius 3 is 1.80 bits per heavy atom. The topological polar surface area (TPSA) is 37.3 Å². The zero-order chi connectivity index (χ0) is 3.58. The van der Waals surface area contributed by atoms with Crippen LogP contribution in [0, 0.1) is 7.43 Å². The molecular weight excluding hydrogens is 76.1 g/mol. The highest BCUT2D eigenvalue weighted by Crippen LogP contribution is 1.42. The van der Waals surface area contributed by atoms with Crippen LogP contribution in [-0.4, -0.2) is 11.1 Å². The summed E-state index contributed by atoms with van der Waals surface area (Å²) in [5.41, 5.74) is 0. The molecule has 0 aromatic heterocycles. The Labute approximate surface area is 31.4 Å². The predicted molar refractivity (Wildman–Crippen MR) is 16.6 cm³/mol. The van der Waals surface area contributed by atoms with Crippen molar-refractivity contribution in [3.05, 3.63) is 7.43 Å². The molecule has 0 unspecified atom stereocenters. The molecule has 0 aliphatic heterocycles. The third kappa shape index (κ3) is 26.7. The fourth-order valence-corrected chi connectivity index (χ4v) is 0. The van der Waals surface area contributed by atoms with Crippen molar-refractivity contribution < 1.29 is 9.90 Å². The molecule has 0 rings (SSSR count). The lowest BCUT2D eigenvalue weighted by Gasteiger charge is -1.59. The second kappa shape index (κ2) is 3.47. The molecule has 2 heteroatoms. The van der Waals surface area contributed by atoms with Crippen molar-refractivity contribution in [3.63, 3.8) is 0 Å². The van der Waals surface area contributed by atoms with Gasteiger partial charge in [0.05, 0.1) is 0 Å². The van der Waals surface area contributed by atoms with Crippen molar-refractivity contribution in [1.29, 1.82) is 0 Å². The van der Waals surface area contributed by atoms with Crippen LogP contribution in [0.2, 0.25) is 0 Å². The van der Waals surface area contributed by atoms with Crippen LogP contribution >= 0.6 is 0 Å². The second-order valence-corrected chi connectivity index (χ2v) is 0.519. The van der Waals surface area contributed by atoms with Crippen LogP contribution in [0.3, 0.4) is 0 Å². The van der Waals surface area contributed by atoms with Gasteiger partial charge in [0.1, 0.15) is 0 Å². The van der Waals surface area contributed by atoms with E-state index in [1.807, 2.05) is 0 Å². The van der Waals surface area contributed by atoms with Gasteiger partial charge >= 0.3 is 0 Å². The van der Waals surface area contributed by atoms with Crippen molar-refractivity contribution in [2.75, 3.05) is 0 Å². The molecule has 0 fully saturated rings. The van der Waals surface area contributed by atoms with Gasteiger partial charge in [0.25, 0.3) is 5.97 Å². The van der Waals surface area contributed by atoms with Crippen LogP contribution in [0.25, 0.3) is 0 Å². The van der Waals surface area contributed by atoms with E-state index in [9.17, 15) is 0 Å². The zero-order valence-corrected chi connectivity index (χ0v) is 2.86. The van der Waals surface area contributed by atoms with E-state index < -0.39 is 5.97 Å². The Balaban J connectivity index is 0. The highest BCUT2D eigenvalue weighted by molar-refractivity contribution is 5.62. The molecule has 28 valence electrons. The first-order valence-corrected chi connectivity index (χ1v) is 0.928. The van der Waals surface area contributed by atoms with Gasteiger partial charge in [-0.2, -0.15) is 0 Å². The second-order valence-electron chi connectivity index (χ2n) is 0.519. The number of hydrogen-bond donors (Lipinski definition) is 1. The van der Waals surface area contributed by atoms with E-state index in [1.54, 1.807) is 0 Å². The molecule has 0 aromatic rings. The van der Waals surface area contributed by atoms with Crippen molar-refractivity contribution >= 4 is 5.97 Å². The summed E-state index contributed by atoms with van der Waals surface area (Å²) < 4.78 is 0. The SMILES string of the molecule is CC(=O)O.[20C]. The van der Waals surface area contributed by atoms with Crippen LogP contribution in [0.4, 0.5) is 0 Å². The first-order chi connectivity index (χ1) is 1.73. The van der Waals surface area contributed by atoms with Gasteiger partial charge in [-0.25, -0.2) is 0 Å². The molecule has 0 saturated heterocycles. The lowest BCUT2D eigenvalue weighted by atomic mass is 10.9. The molecule has 1 N–H and O–H groups in total. The maximum atomic E-state index is 9.00. The van der Waals surface area contributed by atoms with Gasteiger partial charge in [0.15, 0.2) is 0 Å². The van der Waals surface area contributed by atoms with Gasteiger partial charge in [0.2, 0.25) is 0 Å². The smallest absolute Gasteiger partial charge is 0.300 e. The lowest BCUT2D eigenvalue weighted by molar-refractivity contribution is -0.134. The monoisotopic (exact) mass is 80.1 g/mol. The molecule has 0 atom stereocenters. The highest BCUT2D eigenvalue weighted by Gasteiger charge is 1.65. The Morgan fingerprint density at radius 2 is 1.80 bits per heavy atom. The van der Waals surface area contributed by atoms with E-state index in [0.717, 1.165) is 6.92 Å². The van der Waals surface area contributed by atoms with E-state index >= 15 is 0 Å². The minimum Gasteiger partial charge on any atom is -0.481 e. The summed E-state index contributed by atoms with van der Waals surface area (Å²) in [5, 5.41) is 7.42. The Bertz CT molecular complexity index is 27.9. The Kier molecular flexibility index (Phi) is 6.12. The summed E-state index contributed by atoms with van der Waals surface area (Å²) in [7, 11) is 0. The average Bonchev–Trinajstić information content (AvgIpc) is 0.811. The average molecular weight is 80.1 g/mol. The minimum absolute atomic E-state index is 0. The molecule has 0 heterocycles. The Morgan fingerprint density at radius 1 is 1.80 bits per heavy atom. The maximum absolute atomic E-state index is 9.00. The number of rotatable bonds is 0. The molecule has 0 aromatic carbocycles. The summed E-state index contributed by atoms with van der Waals surface area (Å²) in [4.78, 5) is 9.00. The van der Waals surface area contributed by atoms with Crippen molar-refractivity contribution in [2.24, 2.45) is 0 Å². The first kappa shape index (κ1) is 8.82. The first-order valence-electron chi connectivity index (χ1n) is 0.928. The summed E-state index contributed by atoms with van der Waals surface area (Å²) >= 11 is 0. The molecule has 0 bridgehead atoms. The summed E-state index contributed by atoms with van der Waals surface area (Å²) in [6.45, 7) is 1.08. The minimum atomic E-state index is -0.833. The van der Waals surface area contributed by atoms with E-state index in [2.05, 4.69) is 0 Å². The lowest BCUT2D eigenvalue weighted by Crippen LogP contribution is -1.78. The van der Waals surface area contributed by atoms with Gasteiger partial charge in [-0.15, -0.1) is 0 Å². The third-order valence-electron chi connectivity index (χ3n) is 0. The van der Waals surface area contributed by atoms with Gasteiger partial charge in [0, 0.05) is 14.4 Å². The summed E-state index contributed by atoms with van der Waals surface area (Å²) in [5.74, 6) is -0.833. The normalized spacial score (nSPS) is 5.00. The standard InChI is InChI=1S/C2H4O2.C/c1-2(3)4;/h1H3,(H,3,4);/i;1+8. The van der Waals surface area contributed by atoms with Crippen LogP contribution in [0.1, 0.15) is 6.92 Å². The Hall–Kier alpha value is -0.530. The van der Waals surface area contributed by atoms with Gasteiger partial charge in [-0.05, 0) is 0 Å². The fraction of sp³-hybridized carbons (Fsp3) is 0.333. The fourth-order valence-electron chi connectivity index (χ4n) is 0. The number of aliphatic carboxylic acids is 1. The molecule has 5 heavy (non-hydrogen) atoms. The van der Waals surface area contributed by atoms with E-state index in [4.69, 9.17) is 9.90 Å². The van der Waals surface area contributed by atoms with Gasteiger partial charge < -0.3 is 5.11 Å². The number of hydrogen-bond acceptors (Lipinski definition) is 1. The predicted octanol–water partition coefficient (Wildman–Crippen LogP) is 0.172. The van der Waals surface area contributed by atoms with Gasteiger partial charge in [-0.1, -0.05) is 0 Å². The number of carbonyl (C=O) groups is 1. The van der Waals surface area contributed by atoms with E-state index in [0.29, 0.717) is 0 Å². The molecule has 0 aliphatic carbocycles. The molecule has 2 nitrogen and oxygen atoms in total. The van der Waals surface area contributed by atoms with Crippen LogP contribution in [-0.2, 0) is 4.79 Å². The molecule has 0 saturated carbocycles.